The maximum absolute atomic E-state index is 10.9. The SMILES string of the molecule is CCOc1cc(=O)[nH]c(OC)n1. The molecule has 1 heterocycles. The predicted octanol–water partition coefficient (Wildman–Crippen LogP) is 0.177. The molecule has 0 aliphatic rings. The lowest BCUT2D eigenvalue weighted by atomic mass is 10.6. The van der Waals surface area contributed by atoms with Gasteiger partial charge < -0.3 is 9.47 Å². The van der Waals surface area contributed by atoms with Crippen LogP contribution in [0, 0.1) is 0 Å². The molecule has 0 aliphatic carbocycles. The van der Waals surface area contributed by atoms with E-state index in [9.17, 15) is 4.79 Å². The molecule has 0 aliphatic heterocycles. The molecule has 5 heteroatoms. The largest absolute Gasteiger partial charge is 0.478 e. The van der Waals surface area contributed by atoms with Crippen molar-refractivity contribution in [3.8, 4) is 11.9 Å². The molecule has 0 spiro atoms. The fourth-order valence-electron chi connectivity index (χ4n) is 0.732. The summed E-state index contributed by atoms with van der Waals surface area (Å²) >= 11 is 0. The van der Waals surface area contributed by atoms with E-state index in [1.807, 2.05) is 6.92 Å². The van der Waals surface area contributed by atoms with E-state index in [0.717, 1.165) is 0 Å². The molecule has 0 radical (unpaired) electrons. The molecule has 66 valence electrons. The Morgan fingerprint density at radius 2 is 2.42 bits per heavy atom. The van der Waals surface area contributed by atoms with E-state index in [2.05, 4.69) is 9.97 Å². The molecule has 0 atom stereocenters. The van der Waals surface area contributed by atoms with Gasteiger partial charge in [-0.1, -0.05) is 0 Å². The number of nitrogens with zero attached hydrogens (tertiary/aromatic N) is 1. The third-order valence-electron chi connectivity index (χ3n) is 1.18. The van der Waals surface area contributed by atoms with Crippen LogP contribution in [-0.2, 0) is 0 Å². The standard InChI is InChI=1S/C7H10N2O3/c1-3-12-6-4-5(10)8-7(9-6)11-2/h4H,3H2,1-2H3,(H,8,9,10). The molecular formula is C7H10N2O3. The maximum atomic E-state index is 10.9. The molecule has 12 heavy (non-hydrogen) atoms. The lowest BCUT2D eigenvalue weighted by Crippen LogP contribution is -2.09. The Morgan fingerprint density at radius 3 is 3.00 bits per heavy atom. The first-order valence-corrected chi connectivity index (χ1v) is 3.54. The molecule has 0 bridgehead atoms. The zero-order valence-corrected chi connectivity index (χ0v) is 6.96. The summed E-state index contributed by atoms with van der Waals surface area (Å²) in [4.78, 5) is 17.1. The van der Waals surface area contributed by atoms with Gasteiger partial charge >= 0.3 is 0 Å². The van der Waals surface area contributed by atoms with Gasteiger partial charge in [-0.3, -0.25) is 9.78 Å². The van der Waals surface area contributed by atoms with E-state index in [-0.39, 0.29) is 17.4 Å². The van der Waals surface area contributed by atoms with Crippen LogP contribution in [-0.4, -0.2) is 23.7 Å². The molecule has 1 N–H and O–H groups in total. The van der Waals surface area contributed by atoms with Gasteiger partial charge in [-0.05, 0) is 6.92 Å². The Morgan fingerprint density at radius 1 is 1.67 bits per heavy atom. The molecule has 1 rings (SSSR count). The average molecular weight is 170 g/mol. The van der Waals surface area contributed by atoms with Crippen molar-refractivity contribution in [2.24, 2.45) is 0 Å². The van der Waals surface area contributed by atoms with Crippen LogP contribution in [0.25, 0.3) is 0 Å². The second-order valence-corrected chi connectivity index (χ2v) is 2.03. The minimum Gasteiger partial charge on any atom is -0.478 e. The lowest BCUT2D eigenvalue weighted by Gasteiger charge is -2.02. The number of methoxy groups -OCH3 is 1. The number of rotatable bonds is 3. The van der Waals surface area contributed by atoms with Crippen molar-refractivity contribution in [1.82, 2.24) is 9.97 Å². The van der Waals surface area contributed by atoms with E-state index in [1.54, 1.807) is 0 Å². The summed E-state index contributed by atoms with van der Waals surface area (Å²) < 4.78 is 9.75. The van der Waals surface area contributed by atoms with Crippen LogP contribution >= 0.6 is 0 Å². The van der Waals surface area contributed by atoms with Crippen LogP contribution in [0.5, 0.6) is 11.9 Å². The van der Waals surface area contributed by atoms with Crippen molar-refractivity contribution in [1.29, 1.82) is 0 Å². The molecule has 1 aromatic rings. The van der Waals surface area contributed by atoms with Crippen LogP contribution in [0.1, 0.15) is 6.92 Å². The topological polar surface area (TPSA) is 64.2 Å². The molecule has 0 saturated carbocycles. The summed E-state index contributed by atoms with van der Waals surface area (Å²) in [5.41, 5.74) is -0.287. The van der Waals surface area contributed by atoms with Gasteiger partial charge in [0.1, 0.15) is 0 Å². The summed E-state index contributed by atoms with van der Waals surface area (Å²) in [6.45, 7) is 2.29. The van der Waals surface area contributed by atoms with Crippen molar-refractivity contribution in [3.63, 3.8) is 0 Å². The number of aromatic nitrogens is 2. The number of hydrogen-bond donors (Lipinski definition) is 1. The molecule has 0 saturated heterocycles. The third-order valence-corrected chi connectivity index (χ3v) is 1.18. The minimum absolute atomic E-state index is 0.158. The molecule has 0 unspecified atom stereocenters. The first-order chi connectivity index (χ1) is 5.76. The second kappa shape index (κ2) is 3.75. The van der Waals surface area contributed by atoms with Gasteiger partial charge in [-0.25, -0.2) is 0 Å². The molecule has 0 aromatic carbocycles. The lowest BCUT2D eigenvalue weighted by molar-refractivity contribution is 0.310. The fourth-order valence-corrected chi connectivity index (χ4v) is 0.732. The second-order valence-electron chi connectivity index (χ2n) is 2.03. The predicted molar refractivity (Wildman–Crippen MR) is 42.6 cm³/mol. The molecule has 1 aromatic heterocycles. The maximum Gasteiger partial charge on any atom is 0.299 e. The fraction of sp³-hybridized carbons (Fsp3) is 0.429. The molecule has 5 nitrogen and oxygen atoms in total. The highest BCUT2D eigenvalue weighted by Gasteiger charge is 1.99. The Kier molecular flexibility index (Phi) is 2.68. The minimum atomic E-state index is -0.287. The molecule has 0 amide bonds. The van der Waals surface area contributed by atoms with Gasteiger partial charge in [0, 0.05) is 0 Å². The van der Waals surface area contributed by atoms with Crippen LogP contribution in [0.3, 0.4) is 0 Å². The monoisotopic (exact) mass is 170 g/mol. The number of hydrogen-bond acceptors (Lipinski definition) is 4. The molecule has 0 fully saturated rings. The molecular weight excluding hydrogens is 160 g/mol. The van der Waals surface area contributed by atoms with E-state index in [0.29, 0.717) is 6.61 Å². The highest BCUT2D eigenvalue weighted by Crippen LogP contribution is 2.05. The van der Waals surface area contributed by atoms with Gasteiger partial charge in [0.05, 0.1) is 19.8 Å². The van der Waals surface area contributed by atoms with Crippen LogP contribution < -0.4 is 15.0 Å². The Bertz CT molecular complexity index is 308. The van der Waals surface area contributed by atoms with Gasteiger partial charge in [0.15, 0.2) is 0 Å². The Hall–Kier alpha value is -1.52. The highest BCUT2D eigenvalue weighted by atomic mass is 16.5. The number of ether oxygens (including phenoxy) is 2. The summed E-state index contributed by atoms with van der Waals surface area (Å²) in [6, 6.07) is 1.43. The number of H-pyrrole nitrogens is 1. The van der Waals surface area contributed by atoms with Crippen molar-refractivity contribution in [3.05, 3.63) is 16.4 Å². The first-order valence-electron chi connectivity index (χ1n) is 3.54. The Labute approximate surface area is 69.4 Å². The number of nitrogens with one attached hydrogen (secondary N) is 1. The van der Waals surface area contributed by atoms with Crippen molar-refractivity contribution in [2.75, 3.05) is 13.7 Å². The summed E-state index contributed by atoms with van der Waals surface area (Å²) in [6.07, 6.45) is 0. The third kappa shape index (κ3) is 1.98. The van der Waals surface area contributed by atoms with Crippen LogP contribution in [0.2, 0.25) is 0 Å². The zero-order valence-electron chi connectivity index (χ0n) is 6.96. The first kappa shape index (κ1) is 8.58. The van der Waals surface area contributed by atoms with Crippen molar-refractivity contribution in [2.45, 2.75) is 6.92 Å². The normalized spacial score (nSPS) is 9.50. The van der Waals surface area contributed by atoms with E-state index < -0.39 is 0 Å². The smallest absolute Gasteiger partial charge is 0.299 e. The van der Waals surface area contributed by atoms with E-state index in [4.69, 9.17) is 9.47 Å². The summed E-state index contributed by atoms with van der Waals surface area (Å²) in [5, 5.41) is 0. The summed E-state index contributed by atoms with van der Waals surface area (Å²) in [5.74, 6) is 0.276. The van der Waals surface area contributed by atoms with Gasteiger partial charge in [-0.15, -0.1) is 0 Å². The van der Waals surface area contributed by atoms with Gasteiger partial charge in [0.2, 0.25) is 5.88 Å². The summed E-state index contributed by atoms with van der Waals surface area (Å²) in [7, 11) is 1.42. The zero-order chi connectivity index (χ0) is 8.97. The highest BCUT2D eigenvalue weighted by molar-refractivity contribution is 5.11. The Balaban J connectivity index is 2.98. The van der Waals surface area contributed by atoms with Crippen molar-refractivity contribution < 1.29 is 9.47 Å². The van der Waals surface area contributed by atoms with E-state index in [1.165, 1.54) is 13.2 Å². The quantitative estimate of drug-likeness (QED) is 0.702. The average Bonchev–Trinajstić information content (AvgIpc) is 2.04. The van der Waals surface area contributed by atoms with Crippen molar-refractivity contribution >= 4 is 0 Å². The number of aromatic amines is 1. The van der Waals surface area contributed by atoms with Gasteiger partial charge in [0.25, 0.3) is 11.6 Å². The van der Waals surface area contributed by atoms with E-state index >= 15 is 0 Å². The van der Waals surface area contributed by atoms with Crippen LogP contribution in [0.4, 0.5) is 0 Å². The van der Waals surface area contributed by atoms with Gasteiger partial charge in [-0.2, -0.15) is 4.98 Å². The van der Waals surface area contributed by atoms with Crippen LogP contribution in [0.15, 0.2) is 10.9 Å².